The predicted molar refractivity (Wildman–Crippen MR) is 115 cm³/mol. The molecule has 2 rings (SSSR count). The van der Waals surface area contributed by atoms with Crippen molar-refractivity contribution in [3.63, 3.8) is 0 Å². The molecule has 0 spiro atoms. The van der Waals surface area contributed by atoms with Crippen molar-refractivity contribution in [2.24, 2.45) is 0 Å². The molecule has 3 N–H and O–H groups in total. The number of nitrogens with zero attached hydrogens (tertiary/aromatic N) is 1. The van der Waals surface area contributed by atoms with E-state index in [-0.39, 0.29) is 24.8 Å². The average molecular weight is 433 g/mol. The molecule has 0 aliphatic heterocycles. The molecular formula is C23H29F2N3O3. The van der Waals surface area contributed by atoms with Gasteiger partial charge < -0.3 is 20.6 Å². The SMILES string of the molecule is C=C/C=C(\C=C)N(C)C(=O)C1(NCC(O)C(Cc2cc(F)cc(F)c2)NC(C)=O)CC1. The van der Waals surface area contributed by atoms with Crippen LogP contribution in [-0.2, 0) is 16.0 Å². The summed E-state index contributed by atoms with van der Waals surface area (Å²) in [6.45, 7) is 8.63. The summed E-state index contributed by atoms with van der Waals surface area (Å²) in [7, 11) is 1.64. The van der Waals surface area contributed by atoms with Gasteiger partial charge in [0, 0.05) is 32.3 Å². The molecule has 8 heteroatoms. The molecule has 6 nitrogen and oxygen atoms in total. The molecule has 0 aromatic heterocycles. The Bertz CT molecular complexity index is 861. The van der Waals surface area contributed by atoms with E-state index in [1.807, 2.05) is 0 Å². The van der Waals surface area contributed by atoms with E-state index in [0.29, 0.717) is 24.1 Å². The number of aliphatic hydroxyl groups is 1. The summed E-state index contributed by atoms with van der Waals surface area (Å²) in [4.78, 5) is 26.0. The fourth-order valence-corrected chi connectivity index (χ4v) is 3.44. The Morgan fingerprint density at radius 1 is 1.26 bits per heavy atom. The second-order valence-corrected chi connectivity index (χ2v) is 7.71. The summed E-state index contributed by atoms with van der Waals surface area (Å²) in [6.07, 6.45) is 4.91. The molecule has 1 aliphatic rings. The Balaban J connectivity index is 2.07. The van der Waals surface area contributed by atoms with Gasteiger partial charge in [-0.15, -0.1) is 0 Å². The number of carbonyl (C=O) groups is 2. The van der Waals surface area contributed by atoms with Gasteiger partial charge in [0.25, 0.3) is 0 Å². The Kier molecular flexibility index (Phi) is 8.24. The first-order chi connectivity index (χ1) is 14.6. The third kappa shape index (κ3) is 6.57. The fraction of sp³-hybridized carbons (Fsp3) is 0.391. The first-order valence-corrected chi connectivity index (χ1v) is 10.0. The standard InChI is InChI=1S/C23H29F2N3O3/c1-5-7-19(6-2)28(4)22(31)23(8-9-23)26-14-21(30)20(27-15(3)29)12-16-10-17(24)13-18(25)11-16/h5-7,10-11,13,20-21,26,30H,1-2,8-9,12,14H2,3-4H3,(H,27,29)/b19-7+. The number of allylic oxidation sites excluding steroid dienone is 3. The van der Waals surface area contributed by atoms with Crippen molar-refractivity contribution in [2.75, 3.05) is 13.6 Å². The van der Waals surface area contributed by atoms with Gasteiger partial charge in [-0.3, -0.25) is 9.59 Å². The van der Waals surface area contributed by atoms with Crippen molar-refractivity contribution in [1.82, 2.24) is 15.5 Å². The van der Waals surface area contributed by atoms with Gasteiger partial charge in [0.2, 0.25) is 11.8 Å². The number of hydrogen-bond acceptors (Lipinski definition) is 4. The van der Waals surface area contributed by atoms with Crippen LogP contribution < -0.4 is 10.6 Å². The largest absolute Gasteiger partial charge is 0.390 e. The quantitative estimate of drug-likeness (QED) is 0.468. The lowest BCUT2D eigenvalue weighted by Gasteiger charge is -2.28. The van der Waals surface area contributed by atoms with Gasteiger partial charge in [-0.1, -0.05) is 19.2 Å². The molecule has 1 aliphatic carbocycles. The normalized spacial score (nSPS) is 16.7. The highest BCUT2D eigenvalue weighted by molar-refractivity contribution is 5.90. The highest BCUT2D eigenvalue weighted by atomic mass is 19.1. The molecule has 2 amide bonds. The van der Waals surface area contributed by atoms with Crippen molar-refractivity contribution in [3.8, 4) is 0 Å². The van der Waals surface area contributed by atoms with Crippen LogP contribution in [0.15, 0.2) is 55.3 Å². The highest BCUT2D eigenvalue weighted by Gasteiger charge is 2.51. The lowest BCUT2D eigenvalue weighted by Crippen LogP contribution is -2.53. The summed E-state index contributed by atoms with van der Waals surface area (Å²) in [5.74, 6) is -2.03. The average Bonchev–Trinajstić information content (AvgIpc) is 3.48. The van der Waals surface area contributed by atoms with E-state index >= 15 is 0 Å². The van der Waals surface area contributed by atoms with E-state index in [1.54, 1.807) is 25.3 Å². The second-order valence-electron chi connectivity index (χ2n) is 7.71. The molecule has 1 aromatic carbocycles. The third-order valence-electron chi connectivity index (χ3n) is 5.23. The number of likely N-dealkylation sites (N-methyl/N-ethyl adjacent to an activating group) is 1. The Morgan fingerprint density at radius 2 is 1.87 bits per heavy atom. The lowest BCUT2D eigenvalue weighted by atomic mass is 10.00. The third-order valence-corrected chi connectivity index (χ3v) is 5.23. The maximum atomic E-state index is 13.5. The van der Waals surface area contributed by atoms with E-state index < -0.39 is 29.3 Å². The van der Waals surface area contributed by atoms with Crippen LogP contribution in [0, 0.1) is 11.6 Å². The first kappa shape index (κ1) is 24.4. The maximum Gasteiger partial charge on any atom is 0.247 e. The molecule has 2 atom stereocenters. The minimum absolute atomic E-state index is 0.0108. The Labute approximate surface area is 181 Å². The molecule has 0 bridgehead atoms. The number of amides is 2. The van der Waals surface area contributed by atoms with Crippen molar-refractivity contribution in [2.45, 2.75) is 43.9 Å². The zero-order chi connectivity index (χ0) is 23.2. The van der Waals surface area contributed by atoms with E-state index in [0.717, 1.165) is 18.2 Å². The molecular weight excluding hydrogens is 404 g/mol. The van der Waals surface area contributed by atoms with Gasteiger partial charge in [-0.05, 0) is 49.1 Å². The summed E-state index contributed by atoms with van der Waals surface area (Å²) >= 11 is 0. The van der Waals surface area contributed by atoms with Crippen LogP contribution in [-0.4, -0.2) is 53.1 Å². The lowest BCUT2D eigenvalue weighted by molar-refractivity contribution is -0.131. The number of β-amino-alcohol motifs (C(OH)–C–C–N with tert-alkyl or cyclic N) is 1. The molecule has 2 unspecified atom stereocenters. The van der Waals surface area contributed by atoms with Crippen LogP contribution in [0.2, 0.25) is 0 Å². The predicted octanol–water partition coefficient (Wildman–Crippen LogP) is 2.21. The minimum atomic E-state index is -1.09. The van der Waals surface area contributed by atoms with Crippen LogP contribution in [0.4, 0.5) is 8.78 Å². The van der Waals surface area contributed by atoms with Gasteiger partial charge in [0.1, 0.15) is 11.6 Å². The molecule has 1 fully saturated rings. The number of benzene rings is 1. The van der Waals surface area contributed by atoms with Crippen molar-refractivity contribution >= 4 is 11.8 Å². The van der Waals surface area contributed by atoms with Gasteiger partial charge in [0.05, 0.1) is 17.7 Å². The van der Waals surface area contributed by atoms with Gasteiger partial charge in [-0.2, -0.15) is 0 Å². The fourth-order valence-electron chi connectivity index (χ4n) is 3.44. The van der Waals surface area contributed by atoms with Gasteiger partial charge >= 0.3 is 0 Å². The van der Waals surface area contributed by atoms with Gasteiger partial charge in [-0.25, -0.2) is 8.78 Å². The minimum Gasteiger partial charge on any atom is -0.390 e. The number of nitrogens with one attached hydrogen (secondary N) is 2. The van der Waals surface area contributed by atoms with Crippen LogP contribution in [0.3, 0.4) is 0 Å². The van der Waals surface area contributed by atoms with Crippen LogP contribution in [0.25, 0.3) is 0 Å². The molecule has 0 saturated heterocycles. The van der Waals surface area contributed by atoms with E-state index in [4.69, 9.17) is 0 Å². The number of halogens is 2. The summed E-state index contributed by atoms with van der Waals surface area (Å²) in [6, 6.07) is 2.27. The summed E-state index contributed by atoms with van der Waals surface area (Å²) in [5, 5.41) is 16.4. The van der Waals surface area contributed by atoms with Gasteiger partial charge in [0.15, 0.2) is 0 Å². The highest BCUT2D eigenvalue weighted by Crippen LogP contribution is 2.37. The molecule has 31 heavy (non-hydrogen) atoms. The smallest absolute Gasteiger partial charge is 0.247 e. The van der Waals surface area contributed by atoms with Crippen LogP contribution in [0.1, 0.15) is 25.3 Å². The van der Waals surface area contributed by atoms with E-state index in [2.05, 4.69) is 23.8 Å². The molecule has 1 aromatic rings. The zero-order valence-corrected chi connectivity index (χ0v) is 17.8. The monoisotopic (exact) mass is 433 g/mol. The molecule has 0 radical (unpaired) electrons. The molecule has 168 valence electrons. The molecule has 1 saturated carbocycles. The number of rotatable bonds is 11. The van der Waals surface area contributed by atoms with Crippen molar-refractivity contribution in [3.05, 3.63) is 72.5 Å². The Hall–Kier alpha value is -2.84. The number of hydrogen-bond donors (Lipinski definition) is 3. The van der Waals surface area contributed by atoms with E-state index in [9.17, 15) is 23.5 Å². The van der Waals surface area contributed by atoms with E-state index in [1.165, 1.54) is 11.8 Å². The topological polar surface area (TPSA) is 81.7 Å². The Morgan fingerprint density at radius 3 is 2.35 bits per heavy atom. The molecule has 0 heterocycles. The number of carbonyl (C=O) groups excluding carboxylic acids is 2. The number of aliphatic hydroxyl groups excluding tert-OH is 1. The van der Waals surface area contributed by atoms with Crippen LogP contribution >= 0.6 is 0 Å². The first-order valence-electron chi connectivity index (χ1n) is 10.0. The second kappa shape index (κ2) is 10.5. The van der Waals surface area contributed by atoms with Crippen molar-refractivity contribution < 1.29 is 23.5 Å². The van der Waals surface area contributed by atoms with Crippen LogP contribution in [0.5, 0.6) is 0 Å². The summed E-state index contributed by atoms with van der Waals surface area (Å²) in [5.41, 5.74) is 0.0837. The maximum absolute atomic E-state index is 13.5. The van der Waals surface area contributed by atoms with Crippen molar-refractivity contribution in [1.29, 1.82) is 0 Å². The zero-order valence-electron chi connectivity index (χ0n) is 17.8. The summed E-state index contributed by atoms with van der Waals surface area (Å²) < 4.78 is 27.0.